The molecule has 56 valence electrons. The zero-order chi connectivity index (χ0) is 7.33. The predicted molar refractivity (Wildman–Crippen MR) is 40.0 cm³/mol. The number of hydrogen-bond acceptors (Lipinski definition) is 3. The molecule has 0 atom stereocenters. The summed E-state index contributed by atoms with van der Waals surface area (Å²) < 4.78 is 16.7. The average molecular weight is 267 g/mol. The van der Waals surface area contributed by atoms with Crippen LogP contribution in [0.3, 0.4) is 0 Å². The van der Waals surface area contributed by atoms with Crippen LogP contribution in [0.4, 0.5) is 0 Å². The molecule has 0 aromatic heterocycles. The zero-order valence-electron chi connectivity index (χ0n) is 4.45. The molecule has 0 heterocycles. The molecule has 0 bridgehead atoms. The van der Waals surface area contributed by atoms with E-state index in [4.69, 9.17) is 9.79 Å². The van der Waals surface area contributed by atoms with Crippen LogP contribution in [0, 0.1) is 0 Å². The van der Waals surface area contributed by atoms with Crippen molar-refractivity contribution in [3.63, 3.8) is 0 Å². The number of halogens is 1. The molecule has 0 saturated heterocycles. The van der Waals surface area contributed by atoms with E-state index in [1.165, 1.54) is 0 Å². The Labute approximate surface area is 66.5 Å². The Kier molecular flexibility index (Phi) is 5.00. The van der Waals surface area contributed by atoms with Crippen molar-refractivity contribution < 1.29 is 18.9 Å². The largest absolute Gasteiger partial charge is 0.469 e. The third-order valence-corrected chi connectivity index (χ3v) is 1.51. The predicted octanol–water partition coefficient (Wildman–Crippen LogP) is 0.0353. The summed E-state index contributed by atoms with van der Waals surface area (Å²) in [4.78, 5) is 16.2. The van der Waals surface area contributed by atoms with Gasteiger partial charge in [-0.2, -0.15) is 0 Å². The Morgan fingerprint density at radius 2 is 2.22 bits per heavy atom. The summed E-state index contributed by atoms with van der Waals surface area (Å²) in [6.45, 7) is 0.443. The van der Waals surface area contributed by atoms with Crippen molar-refractivity contribution in [3.8, 4) is 0 Å². The van der Waals surface area contributed by atoms with Crippen LogP contribution in [-0.4, -0.2) is 22.9 Å². The molecule has 3 N–H and O–H groups in total. The Morgan fingerprint density at radius 3 is 2.56 bits per heavy atom. The smallest absolute Gasteiger partial charge is 0.303 e. The van der Waals surface area contributed by atoms with Crippen LogP contribution in [0.15, 0.2) is 0 Å². The molecule has 0 radical (unpaired) electrons. The van der Waals surface area contributed by atoms with Crippen molar-refractivity contribution in [1.29, 1.82) is 0 Å². The summed E-state index contributed by atoms with van der Waals surface area (Å²) in [6, 6.07) is 0. The number of nitrogens with one attached hydrogen (secondary N) is 1. The molecule has 0 aromatic rings. The minimum Gasteiger partial charge on any atom is -0.303 e. The van der Waals surface area contributed by atoms with Gasteiger partial charge in [-0.3, -0.25) is 8.05 Å². The fourth-order valence-corrected chi connectivity index (χ4v) is 0.752. The van der Waals surface area contributed by atoms with E-state index in [9.17, 15) is 4.57 Å². The van der Waals surface area contributed by atoms with Gasteiger partial charge in [0.05, 0.1) is 6.61 Å². The quantitative estimate of drug-likeness (QED) is 0.290. The van der Waals surface area contributed by atoms with E-state index < -0.39 is 7.82 Å². The molecule has 0 spiro atoms. The molecule has 9 heavy (non-hydrogen) atoms. The van der Waals surface area contributed by atoms with Gasteiger partial charge in [-0.1, -0.05) is 0 Å². The number of phosphoric acid groups is 1. The standard InChI is InChI=1S/C2H7INO4P/c3-4-1-2-8-9(5,6)7/h4H,1-2H2,(H2,5,6,7). The van der Waals surface area contributed by atoms with Crippen LogP contribution in [0.25, 0.3) is 0 Å². The van der Waals surface area contributed by atoms with Gasteiger partial charge in [0.1, 0.15) is 0 Å². The van der Waals surface area contributed by atoms with E-state index in [2.05, 4.69) is 8.05 Å². The molecular formula is C2H7INO4P. The van der Waals surface area contributed by atoms with Crippen molar-refractivity contribution in [2.45, 2.75) is 0 Å². The molecular weight excluding hydrogens is 260 g/mol. The van der Waals surface area contributed by atoms with Gasteiger partial charge < -0.3 is 9.79 Å². The summed E-state index contributed by atoms with van der Waals surface area (Å²) in [6.07, 6.45) is 0. The maximum Gasteiger partial charge on any atom is 0.469 e. The Balaban J connectivity index is 3.18. The van der Waals surface area contributed by atoms with Crippen molar-refractivity contribution in [3.05, 3.63) is 0 Å². The van der Waals surface area contributed by atoms with E-state index in [-0.39, 0.29) is 6.61 Å². The van der Waals surface area contributed by atoms with Crippen molar-refractivity contribution in [1.82, 2.24) is 3.53 Å². The maximum absolute atomic E-state index is 9.95. The fourth-order valence-electron chi connectivity index (χ4n) is 0.203. The second-order valence-corrected chi connectivity index (χ2v) is 3.21. The van der Waals surface area contributed by atoms with E-state index in [1.807, 2.05) is 22.9 Å². The molecule has 0 saturated carbocycles. The molecule has 0 aliphatic carbocycles. The molecule has 7 heteroatoms. The van der Waals surface area contributed by atoms with Gasteiger partial charge in [0.15, 0.2) is 0 Å². The maximum atomic E-state index is 9.95. The van der Waals surface area contributed by atoms with Crippen LogP contribution in [0.1, 0.15) is 0 Å². The highest BCUT2D eigenvalue weighted by molar-refractivity contribution is 14.1. The summed E-state index contributed by atoms with van der Waals surface area (Å²) >= 11 is 1.86. The highest BCUT2D eigenvalue weighted by Gasteiger charge is 2.11. The van der Waals surface area contributed by atoms with Gasteiger partial charge >= 0.3 is 7.82 Å². The lowest BCUT2D eigenvalue weighted by molar-refractivity contribution is 0.201. The van der Waals surface area contributed by atoms with Crippen LogP contribution in [0.5, 0.6) is 0 Å². The van der Waals surface area contributed by atoms with Crippen LogP contribution in [0.2, 0.25) is 0 Å². The van der Waals surface area contributed by atoms with Crippen molar-refractivity contribution >= 4 is 30.7 Å². The highest BCUT2D eigenvalue weighted by Crippen LogP contribution is 2.34. The molecule has 0 rings (SSSR count). The van der Waals surface area contributed by atoms with Gasteiger partial charge in [-0.05, 0) is 0 Å². The minimum atomic E-state index is -4.24. The Bertz CT molecular complexity index is 113. The van der Waals surface area contributed by atoms with E-state index in [0.717, 1.165) is 0 Å². The highest BCUT2D eigenvalue weighted by atomic mass is 127. The van der Waals surface area contributed by atoms with Gasteiger partial charge in [-0.25, -0.2) is 4.57 Å². The SMILES string of the molecule is O=P(O)(O)OCCNI. The van der Waals surface area contributed by atoms with Gasteiger partial charge in [0.25, 0.3) is 0 Å². The number of hydrogen-bond donors (Lipinski definition) is 3. The third kappa shape index (κ3) is 8.80. The molecule has 0 aliphatic heterocycles. The van der Waals surface area contributed by atoms with Crippen molar-refractivity contribution in [2.24, 2.45) is 0 Å². The number of rotatable bonds is 4. The summed E-state index contributed by atoms with van der Waals surface area (Å²) in [5, 5.41) is 0. The normalized spacial score (nSPS) is 11.9. The summed E-state index contributed by atoms with van der Waals surface area (Å²) in [7, 11) is -4.24. The molecule has 0 aliphatic rings. The van der Waals surface area contributed by atoms with E-state index in [1.54, 1.807) is 0 Å². The van der Waals surface area contributed by atoms with Crippen LogP contribution >= 0.6 is 30.7 Å². The molecule has 0 fully saturated rings. The topological polar surface area (TPSA) is 78.8 Å². The Morgan fingerprint density at radius 1 is 1.67 bits per heavy atom. The average Bonchev–Trinajstić information content (AvgIpc) is 1.63. The molecule has 0 aromatic carbocycles. The first-order valence-corrected chi connectivity index (χ1v) is 4.71. The lowest BCUT2D eigenvalue weighted by Crippen LogP contribution is -2.07. The second kappa shape index (κ2) is 4.59. The number of phosphoric ester groups is 1. The second-order valence-electron chi connectivity index (χ2n) is 1.21. The van der Waals surface area contributed by atoms with Gasteiger partial charge in [0, 0.05) is 29.4 Å². The van der Waals surface area contributed by atoms with E-state index in [0.29, 0.717) is 6.54 Å². The first kappa shape index (κ1) is 9.80. The lowest BCUT2D eigenvalue weighted by Gasteiger charge is -2.02. The summed E-state index contributed by atoms with van der Waals surface area (Å²) in [5.41, 5.74) is 0. The fraction of sp³-hybridized carbons (Fsp3) is 1.00. The molecule has 0 amide bonds. The summed E-state index contributed by atoms with van der Waals surface area (Å²) in [5.74, 6) is 0. The van der Waals surface area contributed by atoms with Gasteiger partial charge in [-0.15, -0.1) is 0 Å². The molecule has 5 nitrogen and oxygen atoms in total. The van der Waals surface area contributed by atoms with E-state index >= 15 is 0 Å². The Hall–Kier alpha value is 0.800. The van der Waals surface area contributed by atoms with Gasteiger partial charge in [0.2, 0.25) is 0 Å². The first-order valence-electron chi connectivity index (χ1n) is 2.10. The van der Waals surface area contributed by atoms with Crippen molar-refractivity contribution in [2.75, 3.05) is 13.2 Å². The zero-order valence-corrected chi connectivity index (χ0v) is 7.50. The van der Waals surface area contributed by atoms with Crippen LogP contribution < -0.4 is 3.53 Å². The molecule has 0 unspecified atom stereocenters. The van der Waals surface area contributed by atoms with Crippen LogP contribution in [-0.2, 0) is 9.09 Å². The lowest BCUT2D eigenvalue weighted by atomic mass is 10.8. The monoisotopic (exact) mass is 267 g/mol. The minimum absolute atomic E-state index is 0.0210. The first-order chi connectivity index (χ1) is 4.06. The third-order valence-electron chi connectivity index (χ3n) is 0.456.